The second-order valence-corrected chi connectivity index (χ2v) is 5.30. The van der Waals surface area contributed by atoms with E-state index >= 15 is 0 Å². The highest BCUT2D eigenvalue weighted by Gasteiger charge is 2.33. The third kappa shape index (κ3) is 1.77. The van der Waals surface area contributed by atoms with Gasteiger partial charge >= 0.3 is 0 Å². The molecule has 1 fully saturated rings. The first-order chi connectivity index (χ1) is 8.16. The summed E-state index contributed by atoms with van der Waals surface area (Å²) in [6.07, 6.45) is 0.802. The van der Waals surface area contributed by atoms with E-state index < -0.39 is 0 Å². The second-order valence-electron chi connectivity index (χ2n) is 4.45. The molecule has 1 aromatic rings. The van der Waals surface area contributed by atoms with Crippen LogP contribution in [0.15, 0.2) is 16.6 Å². The molecule has 1 aromatic carbocycles. The van der Waals surface area contributed by atoms with Gasteiger partial charge in [-0.3, -0.25) is 4.79 Å². The molecule has 3 nitrogen and oxygen atoms in total. The van der Waals surface area contributed by atoms with Crippen LogP contribution >= 0.6 is 15.9 Å². The average molecular weight is 299 g/mol. The minimum absolute atomic E-state index is 0.0115. The van der Waals surface area contributed by atoms with Crippen molar-refractivity contribution in [3.05, 3.63) is 33.5 Å². The quantitative estimate of drug-likeness (QED) is 0.789. The van der Waals surface area contributed by atoms with E-state index in [2.05, 4.69) is 21.2 Å². The Morgan fingerprint density at radius 2 is 2.29 bits per heavy atom. The Hall–Kier alpha value is -0.940. The Morgan fingerprint density at radius 1 is 1.47 bits per heavy atom. The van der Waals surface area contributed by atoms with Crippen LogP contribution in [0.4, 0.5) is 4.39 Å². The molecule has 1 atom stereocenters. The molecule has 0 aromatic heterocycles. The van der Waals surface area contributed by atoms with Crippen LogP contribution in [0, 0.1) is 5.82 Å². The van der Waals surface area contributed by atoms with E-state index in [4.69, 9.17) is 0 Å². The molecule has 5 heteroatoms. The van der Waals surface area contributed by atoms with E-state index in [0.717, 1.165) is 24.1 Å². The van der Waals surface area contributed by atoms with Gasteiger partial charge in [-0.05, 0) is 45.6 Å². The van der Waals surface area contributed by atoms with Crippen molar-refractivity contribution < 1.29 is 9.18 Å². The lowest BCUT2D eigenvalue weighted by Gasteiger charge is -2.40. The molecule has 0 radical (unpaired) electrons. The predicted octanol–water partition coefficient (Wildman–Crippen LogP) is 1.62. The van der Waals surface area contributed by atoms with Crippen LogP contribution in [0.1, 0.15) is 17.2 Å². The zero-order chi connectivity index (χ0) is 12.0. The van der Waals surface area contributed by atoms with Crippen molar-refractivity contribution in [2.24, 2.45) is 0 Å². The van der Waals surface area contributed by atoms with E-state index in [9.17, 15) is 9.18 Å². The highest BCUT2D eigenvalue weighted by atomic mass is 79.9. The number of nitrogens with one attached hydrogen (secondary N) is 1. The summed E-state index contributed by atoms with van der Waals surface area (Å²) in [5, 5.41) is 3.08. The van der Waals surface area contributed by atoms with E-state index in [1.54, 1.807) is 6.07 Å². The average Bonchev–Trinajstić information content (AvgIpc) is 2.31. The summed E-state index contributed by atoms with van der Waals surface area (Å²) in [6.45, 7) is 1.83. The summed E-state index contributed by atoms with van der Waals surface area (Å²) in [7, 11) is 0. The number of amides is 1. The summed E-state index contributed by atoms with van der Waals surface area (Å²) >= 11 is 3.20. The van der Waals surface area contributed by atoms with Crippen molar-refractivity contribution >= 4 is 21.8 Å². The molecule has 17 heavy (non-hydrogen) atoms. The van der Waals surface area contributed by atoms with Gasteiger partial charge in [0.05, 0.1) is 17.1 Å². The largest absolute Gasteiger partial charge is 0.333 e. The molecule has 0 spiro atoms. The molecule has 3 rings (SSSR count). The van der Waals surface area contributed by atoms with Gasteiger partial charge in [0.15, 0.2) is 0 Å². The highest BCUT2D eigenvalue weighted by molar-refractivity contribution is 9.10. The third-order valence-electron chi connectivity index (χ3n) is 3.47. The molecular formula is C12H12BrFN2O. The minimum atomic E-state index is -0.261. The van der Waals surface area contributed by atoms with Gasteiger partial charge in [0.2, 0.25) is 5.91 Å². The molecule has 0 aliphatic carbocycles. The van der Waals surface area contributed by atoms with Gasteiger partial charge < -0.3 is 10.2 Å². The maximum Gasteiger partial charge on any atom is 0.237 e. The van der Waals surface area contributed by atoms with Gasteiger partial charge in [-0.15, -0.1) is 0 Å². The van der Waals surface area contributed by atoms with Crippen LogP contribution < -0.4 is 5.32 Å². The Kier molecular flexibility index (Phi) is 2.67. The highest BCUT2D eigenvalue weighted by Crippen LogP contribution is 2.33. The monoisotopic (exact) mass is 298 g/mol. The van der Waals surface area contributed by atoms with Crippen molar-refractivity contribution in [3.8, 4) is 0 Å². The first kappa shape index (κ1) is 11.2. The van der Waals surface area contributed by atoms with Crippen molar-refractivity contribution in [3.63, 3.8) is 0 Å². The van der Waals surface area contributed by atoms with Crippen LogP contribution in [0.2, 0.25) is 0 Å². The van der Waals surface area contributed by atoms with E-state index in [1.165, 1.54) is 0 Å². The standard InChI is InChI=1S/C12H12BrFN2O/c13-9-3-7-1-2-16-11(5-15-6-12(16)17)8(7)4-10(9)14/h3-4,11,15H,1-2,5-6H2. The zero-order valence-corrected chi connectivity index (χ0v) is 10.8. The number of halogens is 2. The number of rotatable bonds is 0. The molecule has 0 saturated carbocycles. The number of piperazine rings is 1. The van der Waals surface area contributed by atoms with Gasteiger partial charge in [-0.1, -0.05) is 0 Å². The molecule has 1 saturated heterocycles. The Balaban J connectivity index is 2.06. The van der Waals surface area contributed by atoms with Gasteiger partial charge in [0, 0.05) is 13.1 Å². The number of benzene rings is 1. The fraction of sp³-hybridized carbons (Fsp3) is 0.417. The smallest absolute Gasteiger partial charge is 0.237 e. The van der Waals surface area contributed by atoms with E-state index in [-0.39, 0.29) is 17.8 Å². The Labute approximate surface area is 107 Å². The van der Waals surface area contributed by atoms with Crippen LogP contribution in [-0.2, 0) is 11.2 Å². The molecule has 1 unspecified atom stereocenters. The first-order valence-electron chi connectivity index (χ1n) is 5.65. The van der Waals surface area contributed by atoms with Crippen LogP contribution in [0.5, 0.6) is 0 Å². The molecule has 90 valence electrons. The summed E-state index contributed by atoms with van der Waals surface area (Å²) in [5.41, 5.74) is 2.08. The Morgan fingerprint density at radius 3 is 3.12 bits per heavy atom. The van der Waals surface area contributed by atoms with Crippen molar-refractivity contribution in [2.75, 3.05) is 19.6 Å². The summed E-state index contributed by atoms with van der Waals surface area (Å²) in [6, 6.07) is 3.38. The van der Waals surface area contributed by atoms with Gasteiger partial charge in [-0.2, -0.15) is 0 Å². The maximum atomic E-state index is 13.6. The minimum Gasteiger partial charge on any atom is -0.333 e. The predicted molar refractivity (Wildman–Crippen MR) is 65.1 cm³/mol. The molecule has 1 amide bonds. The molecule has 2 aliphatic heterocycles. The van der Waals surface area contributed by atoms with Crippen LogP contribution in [-0.4, -0.2) is 30.4 Å². The van der Waals surface area contributed by atoms with E-state index in [1.807, 2.05) is 11.0 Å². The van der Waals surface area contributed by atoms with Crippen LogP contribution in [0.25, 0.3) is 0 Å². The van der Waals surface area contributed by atoms with Crippen molar-refractivity contribution in [2.45, 2.75) is 12.5 Å². The van der Waals surface area contributed by atoms with Crippen molar-refractivity contribution in [1.82, 2.24) is 10.2 Å². The lowest BCUT2D eigenvalue weighted by Crippen LogP contribution is -2.52. The van der Waals surface area contributed by atoms with Crippen LogP contribution in [0.3, 0.4) is 0 Å². The lowest BCUT2D eigenvalue weighted by molar-refractivity contribution is -0.135. The molecule has 2 aliphatic rings. The molecule has 2 heterocycles. The van der Waals surface area contributed by atoms with Gasteiger partial charge in [-0.25, -0.2) is 4.39 Å². The first-order valence-corrected chi connectivity index (χ1v) is 6.44. The number of nitrogens with zero attached hydrogens (tertiary/aromatic N) is 1. The van der Waals surface area contributed by atoms with Crippen molar-refractivity contribution in [1.29, 1.82) is 0 Å². The number of fused-ring (bicyclic) bond motifs is 3. The number of carbonyl (C=O) groups is 1. The third-order valence-corrected chi connectivity index (χ3v) is 4.08. The number of hydrogen-bond acceptors (Lipinski definition) is 2. The lowest BCUT2D eigenvalue weighted by atomic mass is 9.91. The van der Waals surface area contributed by atoms with Gasteiger partial charge in [0.25, 0.3) is 0 Å². The maximum absolute atomic E-state index is 13.6. The topological polar surface area (TPSA) is 32.3 Å². The summed E-state index contributed by atoms with van der Waals surface area (Å²) in [4.78, 5) is 13.6. The van der Waals surface area contributed by atoms with E-state index in [0.29, 0.717) is 17.6 Å². The molecular weight excluding hydrogens is 287 g/mol. The summed E-state index contributed by atoms with van der Waals surface area (Å²) in [5.74, 6) is -0.154. The normalized spacial score (nSPS) is 23.3. The zero-order valence-electron chi connectivity index (χ0n) is 9.17. The number of hydrogen-bond donors (Lipinski definition) is 1. The van der Waals surface area contributed by atoms with Gasteiger partial charge in [0.1, 0.15) is 5.82 Å². The Bertz CT molecular complexity index is 492. The molecule has 1 N–H and O–H groups in total. The molecule has 0 bridgehead atoms. The second kappa shape index (κ2) is 4.07. The summed E-state index contributed by atoms with van der Waals surface area (Å²) < 4.78 is 14.1. The fourth-order valence-corrected chi connectivity index (χ4v) is 3.02. The SMILES string of the molecule is O=C1CNCC2c3cc(F)c(Br)cc3CCN12. The number of carbonyl (C=O) groups excluding carboxylic acids is 1. The fourth-order valence-electron chi connectivity index (χ4n) is 2.63.